The Hall–Kier alpha value is -0.850. The zero-order chi connectivity index (χ0) is 13.8. The molecule has 112 valence electrons. The van der Waals surface area contributed by atoms with E-state index in [1.54, 1.807) is 16.8 Å². The van der Waals surface area contributed by atoms with E-state index in [1.807, 2.05) is 11.8 Å². The zero-order valence-corrected chi connectivity index (χ0v) is 13.7. The summed E-state index contributed by atoms with van der Waals surface area (Å²) in [6, 6.07) is 3.43. The van der Waals surface area contributed by atoms with E-state index in [-0.39, 0.29) is 29.9 Å². The summed E-state index contributed by atoms with van der Waals surface area (Å²) < 4.78 is 2.41. The quantitative estimate of drug-likeness (QED) is 0.878. The molecule has 1 fully saturated rings. The Bertz CT molecular complexity index is 521. The molecule has 5 nitrogen and oxygen atoms in total. The van der Waals surface area contributed by atoms with Gasteiger partial charge in [-0.15, -0.1) is 12.4 Å². The van der Waals surface area contributed by atoms with Gasteiger partial charge in [-0.25, -0.2) is 0 Å². The maximum atomic E-state index is 12.1. The first-order valence-electron chi connectivity index (χ1n) is 6.44. The molecule has 1 aromatic rings. The highest BCUT2D eigenvalue weighted by atomic mass is 79.9. The fourth-order valence-corrected chi connectivity index (χ4v) is 2.63. The molecular formula is C13H19BrClN3O2. The second kappa shape index (κ2) is 7.81. The first-order chi connectivity index (χ1) is 9.08. The van der Waals surface area contributed by atoms with Crippen LogP contribution in [0.5, 0.6) is 0 Å². The summed E-state index contributed by atoms with van der Waals surface area (Å²) in [7, 11) is 0. The van der Waals surface area contributed by atoms with Crippen LogP contribution in [-0.4, -0.2) is 41.1 Å². The third-order valence-electron chi connectivity index (χ3n) is 3.34. The first kappa shape index (κ1) is 17.2. The van der Waals surface area contributed by atoms with Gasteiger partial charge >= 0.3 is 0 Å². The molecule has 0 spiro atoms. The van der Waals surface area contributed by atoms with Gasteiger partial charge in [0.05, 0.1) is 0 Å². The molecule has 7 heteroatoms. The Balaban J connectivity index is 0.00000200. The van der Waals surface area contributed by atoms with E-state index in [4.69, 9.17) is 0 Å². The Kier molecular flexibility index (Phi) is 6.71. The van der Waals surface area contributed by atoms with Crippen molar-refractivity contribution in [2.45, 2.75) is 25.9 Å². The van der Waals surface area contributed by atoms with Gasteiger partial charge in [-0.3, -0.25) is 9.59 Å². The Morgan fingerprint density at radius 1 is 1.50 bits per heavy atom. The summed E-state index contributed by atoms with van der Waals surface area (Å²) in [4.78, 5) is 25.7. The largest absolute Gasteiger partial charge is 0.337 e. The zero-order valence-electron chi connectivity index (χ0n) is 11.3. The number of carbonyl (C=O) groups is 1. The number of amides is 1. The van der Waals surface area contributed by atoms with Crippen molar-refractivity contribution in [1.29, 1.82) is 0 Å². The third-order valence-corrected chi connectivity index (χ3v) is 3.80. The number of nitrogens with one attached hydrogen (secondary N) is 1. The van der Waals surface area contributed by atoms with Crippen LogP contribution in [0.1, 0.15) is 13.3 Å². The van der Waals surface area contributed by atoms with Crippen LogP contribution in [0.25, 0.3) is 0 Å². The van der Waals surface area contributed by atoms with Crippen LogP contribution in [0.3, 0.4) is 0 Å². The molecule has 0 unspecified atom stereocenters. The van der Waals surface area contributed by atoms with Crippen LogP contribution in [0.2, 0.25) is 0 Å². The fourth-order valence-electron chi connectivity index (χ4n) is 2.25. The van der Waals surface area contributed by atoms with Crippen molar-refractivity contribution in [3.63, 3.8) is 0 Å². The number of hydrogen-bond acceptors (Lipinski definition) is 3. The topological polar surface area (TPSA) is 54.3 Å². The van der Waals surface area contributed by atoms with Gasteiger partial charge in [-0.1, -0.05) is 0 Å². The van der Waals surface area contributed by atoms with Crippen molar-refractivity contribution in [3.05, 3.63) is 33.2 Å². The molecule has 1 aromatic heterocycles. The van der Waals surface area contributed by atoms with Crippen LogP contribution in [0.4, 0.5) is 0 Å². The molecule has 0 bridgehead atoms. The minimum Gasteiger partial charge on any atom is -0.337 e. The number of pyridine rings is 1. The summed E-state index contributed by atoms with van der Waals surface area (Å²) in [6.45, 7) is 4.88. The Morgan fingerprint density at radius 2 is 2.25 bits per heavy atom. The van der Waals surface area contributed by atoms with Gasteiger partial charge in [-0.2, -0.15) is 0 Å². The van der Waals surface area contributed by atoms with E-state index < -0.39 is 0 Å². The highest BCUT2D eigenvalue weighted by Gasteiger charge is 2.22. The van der Waals surface area contributed by atoms with Crippen molar-refractivity contribution in [2.75, 3.05) is 19.6 Å². The van der Waals surface area contributed by atoms with Crippen molar-refractivity contribution in [3.8, 4) is 0 Å². The van der Waals surface area contributed by atoms with Gasteiger partial charge in [0.25, 0.3) is 5.56 Å². The minimum absolute atomic E-state index is 0. The first-order valence-corrected chi connectivity index (χ1v) is 7.23. The minimum atomic E-state index is -0.0793. The van der Waals surface area contributed by atoms with Crippen molar-refractivity contribution in [1.82, 2.24) is 14.8 Å². The molecule has 2 rings (SSSR count). The average molecular weight is 365 g/mol. The van der Waals surface area contributed by atoms with Crippen molar-refractivity contribution < 1.29 is 4.79 Å². The van der Waals surface area contributed by atoms with Gasteiger partial charge < -0.3 is 14.8 Å². The lowest BCUT2D eigenvalue weighted by molar-refractivity contribution is -0.134. The molecule has 1 aliphatic heterocycles. The van der Waals surface area contributed by atoms with Gasteiger partial charge in [-0.05, 0) is 28.9 Å². The number of piperazine rings is 1. The SMILES string of the molecule is C[C@H]1CNCCN1C(=O)CCn1cc(Br)ccc1=O.Cl. The second-order valence-electron chi connectivity index (χ2n) is 4.77. The van der Waals surface area contributed by atoms with Crippen LogP contribution in [-0.2, 0) is 11.3 Å². The maximum Gasteiger partial charge on any atom is 0.250 e. The highest BCUT2D eigenvalue weighted by molar-refractivity contribution is 9.10. The lowest BCUT2D eigenvalue weighted by Crippen LogP contribution is -2.52. The summed E-state index contributed by atoms with van der Waals surface area (Å²) in [6.07, 6.45) is 2.08. The number of nitrogens with zero attached hydrogens (tertiary/aromatic N) is 2. The number of carbonyl (C=O) groups excluding carboxylic acids is 1. The molecule has 0 aromatic carbocycles. The number of aryl methyl sites for hydroxylation is 1. The summed E-state index contributed by atoms with van der Waals surface area (Å²) >= 11 is 3.33. The molecule has 0 saturated carbocycles. The normalized spacial score (nSPS) is 18.5. The molecule has 20 heavy (non-hydrogen) atoms. The van der Waals surface area contributed by atoms with Gasteiger partial charge in [0, 0.05) is 55.4 Å². The van der Waals surface area contributed by atoms with Crippen LogP contribution in [0.15, 0.2) is 27.6 Å². The van der Waals surface area contributed by atoms with E-state index in [2.05, 4.69) is 21.2 Å². The van der Waals surface area contributed by atoms with Gasteiger partial charge in [0.1, 0.15) is 0 Å². The molecule has 2 heterocycles. The number of rotatable bonds is 3. The Labute approximate surface area is 132 Å². The molecule has 1 atom stereocenters. The molecule has 1 amide bonds. The van der Waals surface area contributed by atoms with Crippen LogP contribution in [0, 0.1) is 0 Å². The Morgan fingerprint density at radius 3 is 2.95 bits per heavy atom. The van der Waals surface area contributed by atoms with E-state index in [9.17, 15) is 9.59 Å². The monoisotopic (exact) mass is 363 g/mol. The van der Waals surface area contributed by atoms with Gasteiger partial charge in [0.2, 0.25) is 5.91 Å². The van der Waals surface area contributed by atoms with Crippen LogP contribution >= 0.6 is 28.3 Å². The summed E-state index contributed by atoms with van der Waals surface area (Å²) in [5, 5.41) is 3.25. The molecular weight excluding hydrogens is 346 g/mol. The predicted molar refractivity (Wildman–Crippen MR) is 84.3 cm³/mol. The summed E-state index contributed by atoms with van der Waals surface area (Å²) in [5.41, 5.74) is -0.0793. The summed E-state index contributed by atoms with van der Waals surface area (Å²) in [5.74, 6) is 0.112. The number of halogens is 2. The van der Waals surface area contributed by atoms with E-state index in [1.165, 1.54) is 6.07 Å². The predicted octanol–water partition coefficient (Wildman–Crippen LogP) is 1.24. The maximum absolute atomic E-state index is 12.1. The average Bonchev–Trinajstić information content (AvgIpc) is 2.40. The molecule has 0 aliphatic carbocycles. The smallest absolute Gasteiger partial charge is 0.250 e. The second-order valence-corrected chi connectivity index (χ2v) is 5.68. The lowest BCUT2D eigenvalue weighted by atomic mass is 10.2. The highest BCUT2D eigenvalue weighted by Crippen LogP contribution is 2.08. The van der Waals surface area contributed by atoms with E-state index in [0.717, 1.165) is 24.1 Å². The molecule has 0 radical (unpaired) electrons. The van der Waals surface area contributed by atoms with Crippen molar-refractivity contribution in [2.24, 2.45) is 0 Å². The van der Waals surface area contributed by atoms with E-state index in [0.29, 0.717) is 13.0 Å². The lowest BCUT2D eigenvalue weighted by Gasteiger charge is -2.34. The van der Waals surface area contributed by atoms with Crippen molar-refractivity contribution >= 4 is 34.2 Å². The molecule has 1 aliphatic rings. The standard InChI is InChI=1S/C13H18BrN3O2.ClH/c1-10-8-15-5-7-17(10)13(19)4-6-16-9-11(14)2-3-12(16)18;/h2-3,9-10,15H,4-8H2,1H3;1H/t10-;/m0./s1. The molecule has 1 N–H and O–H groups in total. The number of hydrogen-bond donors (Lipinski definition) is 1. The molecule has 1 saturated heterocycles. The van der Waals surface area contributed by atoms with Crippen LogP contribution < -0.4 is 10.9 Å². The third kappa shape index (κ3) is 4.33. The van der Waals surface area contributed by atoms with E-state index >= 15 is 0 Å². The fraction of sp³-hybridized carbons (Fsp3) is 0.538. The van der Waals surface area contributed by atoms with Gasteiger partial charge in [0.15, 0.2) is 0 Å². The number of aromatic nitrogens is 1.